The summed E-state index contributed by atoms with van der Waals surface area (Å²) in [6, 6.07) is 4.57. The fourth-order valence-electron chi connectivity index (χ4n) is 2.72. The highest BCUT2D eigenvalue weighted by Crippen LogP contribution is 2.23. The number of aryl methyl sites for hydroxylation is 1. The summed E-state index contributed by atoms with van der Waals surface area (Å²) in [6.07, 6.45) is 12.2. The number of pyridine rings is 1. The third-order valence-corrected chi connectivity index (χ3v) is 3.69. The first-order valence-electron chi connectivity index (χ1n) is 7.06. The van der Waals surface area contributed by atoms with E-state index < -0.39 is 0 Å². The van der Waals surface area contributed by atoms with Crippen LogP contribution in [0, 0.1) is 6.92 Å². The van der Waals surface area contributed by atoms with Crippen LogP contribution in [0.15, 0.2) is 30.7 Å². The molecule has 1 aliphatic carbocycles. The van der Waals surface area contributed by atoms with Crippen molar-refractivity contribution in [1.29, 1.82) is 0 Å². The van der Waals surface area contributed by atoms with E-state index in [9.17, 15) is 0 Å². The third kappa shape index (κ3) is 2.78. The Morgan fingerprint density at radius 1 is 1.26 bits per heavy atom. The molecule has 2 aromatic rings. The minimum Gasteiger partial charge on any atom is -0.353 e. The van der Waals surface area contributed by atoms with E-state index in [1.165, 1.54) is 32.1 Å². The van der Waals surface area contributed by atoms with Gasteiger partial charge in [0.15, 0.2) is 0 Å². The first kappa shape index (κ1) is 12.2. The fourth-order valence-corrected chi connectivity index (χ4v) is 2.72. The second-order valence-electron chi connectivity index (χ2n) is 5.27. The molecule has 0 amide bonds. The van der Waals surface area contributed by atoms with Crippen molar-refractivity contribution in [1.82, 2.24) is 14.5 Å². The Kier molecular flexibility index (Phi) is 3.49. The highest BCUT2D eigenvalue weighted by Gasteiger charge is 2.16. The van der Waals surface area contributed by atoms with Crippen molar-refractivity contribution in [3.63, 3.8) is 0 Å². The molecule has 0 bridgehead atoms. The van der Waals surface area contributed by atoms with Crippen molar-refractivity contribution in [2.24, 2.45) is 0 Å². The van der Waals surface area contributed by atoms with Crippen LogP contribution in [0.2, 0.25) is 0 Å². The quantitative estimate of drug-likeness (QED) is 0.916. The molecule has 4 nitrogen and oxygen atoms in total. The molecule has 3 rings (SSSR count). The SMILES string of the molecule is Cc1cn(-c2cccnc2)c(NC2CCCCC2)n1. The number of hydrogen-bond acceptors (Lipinski definition) is 3. The molecule has 0 aromatic carbocycles. The number of rotatable bonds is 3. The Balaban J connectivity index is 1.85. The van der Waals surface area contributed by atoms with Crippen LogP contribution in [0.25, 0.3) is 5.69 Å². The second-order valence-corrected chi connectivity index (χ2v) is 5.27. The lowest BCUT2D eigenvalue weighted by Gasteiger charge is -2.23. The van der Waals surface area contributed by atoms with Gasteiger partial charge in [-0.1, -0.05) is 19.3 Å². The lowest BCUT2D eigenvalue weighted by molar-refractivity contribution is 0.460. The Morgan fingerprint density at radius 2 is 2.11 bits per heavy atom. The summed E-state index contributed by atoms with van der Waals surface area (Å²) in [5.74, 6) is 0.942. The zero-order valence-electron chi connectivity index (χ0n) is 11.3. The van der Waals surface area contributed by atoms with Crippen LogP contribution in [0.5, 0.6) is 0 Å². The normalized spacial score (nSPS) is 16.5. The molecular formula is C15H20N4. The third-order valence-electron chi connectivity index (χ3n) is 3.69. The Labute approximate surface area is 113 Å². The van der Waals surface area contributed by atoms with Crippen LogP contribution in [0.4, 0.5) is 5.95 Å². The van der Waals surface area contributed by atoms with Gasteiger partial charge in [0, 0.05) is 18.4 Å². The summed E-state index contributed by atoms with van der Waals surface area (Å²) < 4.78 is 2.09. The molecule has 0 saturated heterocycles. The van der Waals surface area contributed by atoms with Gasteiger partial charge in [-0.15, -0.1) is 0 Å². The summed E-state index contributed by atoms with van der Waals surface area (Å²) >= 11 is 0. The van der Waals surface area contributed by atoms with Gasteiger partial charge >= 0.3 is 0 Å². The zero-order valence-corrected chi connectivity index (χ0v) is 11.3. The molecule has 1 N–H and O–H groups in total. The average molecular weight is 256 g/mol. The zero-order chi connectivity index (χ0) is 13.1. The molecule has 0 atom stereocenters. The van der Waals surface area contributed by atoms with E-state index in [2.05, 4.69) is 32.1 Å². The van der Waals surface area contributed by atoms with Crippen LogP contribution in [-0.4, -0.2) is 20.6 Å². The van der Waals surface area contributed by atoms with Crippen molar-refractivity contribution >= 4 is 5.95 Å². The first-order valence-corrected chi connectivity index (χ1v) is 7.06. The van der Waals surface area contributed by atoms with Crippen molar-refractivity contribution in [3.05, 3.63) is 36.4 Å². The molecular weight excluding hydrogens is 236 g/mol. The predicted octanol–water partition coefficient (Wildman–Crippen LogP) is 3.32. The number of anilines is 1. The molecule has 19 heavy (non-hydrogen) atoms. The van der Waals surface area contributed by atoms with Crippen molar-refractivity contribution in [2.75, 3.05) is 5.32 Å². The van der Waals surface area contributed by atoms with Crippen LogP contribution in [-0.2, 0) is 0 Å². The minimum absolute atomic E-state index is 0.561. The Morgan fingerprint density at radius 3 is 2.84 bits per heavy atom. The number of nitrogens with one attached hydrogen (secondary N) is 1. The standard InChI is InChI=1S/C15H20N4/c1-12-11-19(14-8-5-9-16-10-14)15(17-12)18-13-6-3-2-4-7-13/h5,8-11,13H,2-4,6-7H2,1H3,(H,17,18). The molecule has 2 aromatic heterocycles. The highest BCUT2D eigenvalue weighted by molar-refractivity contribution is 5.42. The first-order chi connectivity index (χ1) is 9.33. The maximum atomic E-state index is 4.61. The Bertz CT molecular complexity index is 526. The molecule has 2 heterocycles. The molecule has 1 aliphatic rings. The molecule has 0 radical (unpaired) electrons. The molecule has 1 fully saturated rings. The van der Waals surface area contributed by atoms with Crippen LogP contribution in [0.1, 0.15) is 37.8 Å². The smallest absolute Gasteiger partial charge is 0.208 e. The minimum atomic E-state index is 0.561. The molecule has 0 unspecified atom stereocenters. The summed E-state index contributed by atoms with van der Waals surface area (Å²) in [5, 5.41) is 3.59. The molecule has 0 aliphatic heterocycles. The van der Waals surface area contributed by atoms with Gasteiger partial charge < -0.3 is 5.32 Å². The van der Waals surface area contributed by atoms with Gasteiger partial charge in [0.25, 0.3) is 0 Å². The number of nitrogens with zero attached hydrogens (tertiary/aromatic N) is 3. The van der Waals surface area contributed by atoms with E-state index in [1.54, 1.807) is 6.20 Å². The van der Waals surface area contributed by atoms with Crippen LogP contribution >= 0.6 is 0 Å². The van der Waals surface area contributed by atoms with E-state index in [-0.39, 0.29) is 0 Å². The van der Waals surface area contributed by atoms with Crippen LogP contribution < -0.4 is 5.32 Å². The van der Waals surface area contributed by atoms with E-state index in [4.69, 9.17) is 0 Å². The summed E-state index contributed by atoms with van der Waals surface area (Å²) in [5.41, 5.74) is 2.09. The van der Waals surface area contributed by atoms with Gasteiger partial charge in [-0.2, -0.15) is 0 Å². The summed E-state index contributed by atoms with van der Waals surface area (Å²) in [6.45, 7) is 2.03. The predicted molar refractivity (Wildman–Crippen MR) is 76.6 cm³/mol. The molecule has 0 spiro atoms. The highest BCUT2D eigenvalue weighted by atomic mass is 15.2. The van der Waals surface area contributed by atoms with E-state index in [0.717, 1.165) is 17.3 Å². The van der Waals surface area contributed by atoms with Gasteiger partial charge in [0.1, 0.15) is 0 Å². The maximum Gasteiger partial charge on any atom is 0.208 e. The van der Waals surface area contributed by atoms with Crippen LogP contribution in [0.3, 0.4) is 0 Å². The lowest BCUT2D eigenvalue weighted by Crippen LogP contribution is -2.24. The van der Waals surface area contributed by atoms with Gasteiger partial charge in [-0.3, -0.25) is 9.55 Å². The largest absolute Gasteiger partial charge is 0.353 e. The number of hydrogen-bond donors (Lipinski definition) is 1. The fraction of sp³-hybridized carbons (Fsp3) is 0.467. The second kappa shape index (κ2) is 5.43. The summed E-state index contributed by atoms with van der Waals surface area (Å²) in [4.78, 5) is 8.79. The molecule has 100 valence electrons. The van der Waals surface area contributed by atoms with Gasteiger partial charge in [0.2, 0.25) is 5.95 Å². The van der Waals surface area contributed by atoms with E-state index in [1.807, 2.05) is 19.2 Å². The molecule has 1 saturated carbocycles. The summed E-state index contributed by atoms with van der Waals surface area (Å²) in [7, 11) is 0. The molecule has 4 heteroatoms. The van der Waals surface area contributed by atoms with Gasteiger partial charge in [-0.25, -0.2) is 4.98 Å². The number of imidazole rings is 1. The Hall–Kier alpha value is -1.84. The van der Waals surface area contributed by atoms with Gasteiger partial charge in [0.05, 0.1) is 17.6 Å². The van der Waals surface area contributed by atoms with Crippen molar-refractivity contribution in [2.45, 2.75) is 45.1 Å². The average Bonchev–Trinajstić information content (AvgIpc) is 2.82. The lowest BCUT2D eigenvalue weighted by atomic mass is 9.96. The van der Waals surface area contributed by atoms with Crippen molar-refractivity contribution < 1.29 is 0 Å². The van der Waals surface area contributed by atoms with Crippen molar-refractivity contribution in [3.8, 4) is 5.69 Å². The monoisotopic (exact) mass is 256 g/mol. The maximum absolute atomic E-state index is 4.61. The van der Waals surface area contributed by atoms with E-state index in [0.29, 0.717) is 6.04 Å². The topological polar surface area (TPSA) is 42.7 Å². The van der Waals surface area contributed by atoms with Gasteiger partial charge in [-0.05, 0) is 31.9 Å². The number of aromatic nitrogens is 3. The van der Waals surface area contributed by atoms with E-state index >= 15 is 0 Å².